The second kappa shape index (κ2) is 8.20. The van der Waals surface area contributed by atoms with E-state index in [2.05, 4.69) is 16.7 Å². The van der Waals surface area contributed by atoms with Crippen molar-refractivity contribution in [2.24, 2.45) is 0 Å². The maximum atomic E-state index is 11.8. The zero-order valence-corrected chi connectivity index (χ0v) is 13.1. The van der Waals surface area contributed by atoms with Crippen molar-refractivity contribution in [2.75, 3.05) is 19.0 Å². The number of methoxy groups -OCH3 is 1. The molecule has 0 radical (unpaired) electrons. The molecule has 0 spiro atoms. The Bertz CT molecular complexity index is 612. The molecule has 0 atom stereocenters. The van der Waals surface area contributed by atoms with Gasteiger partial charge < -0.3 is 15.4 Å². The summed E-state index contributed by atoms with van der Waals surface area (Å²) in [7, 11) is 1.67. The second-order valence-corrected chi connectivity index (χ2v) is 5.14. The van der Waals surface area contributed by atoms with Crippen molar-refractivity contribution >= 4 is 11.6 Å². The minimum Gasteiger partial charge on any atom is -0.496 e. The Balaban J connectivity index is 1.72. The zero-order chi connectivity index (χ0) is 15.8. The SMILES string of the molecule is COc1cc(CNCCC(=O)Nc2ccccc2)ccc1C. The van der Waals surface area contributed by atoms with Gasteiger partial charge in [0.1, 0.15) is 5.75 Å². The number of hydrogen-bond acceptors (Lipinski definition) is 3. The normalized spacial score (nSPS) is 10.3. The molecule has 0 heterocycles. The van der Waals surface area contributed by atoms with Gasteiger partial charge in [-0.2, -0.15) is 0 Å². The summed E-state index contributed by atoms with van der Waals surface area (Å²) in [6, 6.07) is 15.6. The van der Waals surface area contributed by atoms with Crippen molar-refractivity contribution in [3.05, 3.63) is 59.7 Å². The fraction of sp³-hybridized carbons (Fsp3) is 0.278. The maximum Gasteiger partial charge on any atom is 0.225 e. The zero-order valence-electron chi connectivity index (χ0n) is 13.1. The topological polar surface area (TPSA) is 50.4 Å². The Kier molecular flexibility index (Phi) is 5.98. The molecule has 2 aromatic rings. The number of carbonyl (C=O) groups excluding carboxylic acids is 1. The third-order valence-electron chi connectivity index (χ3n) is 3.39. The van der Waals surface area contributed by atoms with Crippen molar-refractivity contribution in [2.45, 2.75) is 19.9 Å². The van der Waals surface area contributed by atoms with Crippen LogP contribution < -0.4 is 15.4 Å². The number of rotatable bonds is 7. The molecule has 4 nitrogen and oxygen atoms in total. The number of para-hydroxylation sites is 1. The molecule has 0 fully saturated rings. The molecular weight excluding hydrogens is 276 g/mol. The third-order valence-corrected chi connectivity index (χ3v) is 3.39. The number of nitrogens with one attached hydrogen (secondary N) is 2. The van der Waals surface area contributed by atoms with Crippen LogP contribution in [0.2, 0.25) is 0 Å². The average Bonchev–Trinajstić information content (AvgIpc) is 2.54. The summed E-state index contributed by atoms with van der Waals surface area (Å²) in [5.41, 5.74) is 3.09. The molecule has 0 aliphatic rings. The quantitative estimate of drug-likeness (QED) is 0.772. The molecule has 22 heavy (non-hydrogen) atoms. The van der Waals surface area contributed by atoms with E-state index in [1.807, 2.05) is 49.4 Å². The van der Waals surface area contributed by atoms with Crippen LogP contribution in [0.15, 0.2) is 48.5 Å². The molecule has 0 aromatic heterocycles. The fourth-order valence-electron chi connectivity index (χ4n) is 2.15. The molecule has 0 aliphatic heterocycles. The predicted molar refractivity (Wildman–Crippen MR) is 89.1 cm³/mol. The van der Waals surface area contributed by atoms with E-state index in [9.17, 15) is 4.79 Å². The Morgan fingerprint density at radius 1 is 1.14 bits per heavy atom. The maximum absolute atomic E-state index is 11.8. The first kappa shape index (κ1) is 16.0. The standard InChI is InChI=1S/C18H22N2O2/c1-14-8-9-15(12-17(14)22-2)13-19-11-10-18(21)20-16-6-4-3-5-7-16/h3-9,12,19H,10-11,13H2,1-2H3,(H,20,21). The van der Waals surface area contributed by atoms with E-state index < -0.39 is 0 Å². The van der Waals surface area contributed by atoms with Crippen LogP contribution in [0.5, 0.6) is 5.75 Å². The van der Waals surface area contributed by atoms with Crippen molar-refractivity contribution in [3.63, 3.8) is 0 Å². The van der Waals surface area contributed by atoms with Crippen LogP contribution in [0.4, 0.5) is 5.69 Å². The largest absolute Gasteiger partial charge is 0.496 e. The Labute approximate surface area is 131 Å². The minimum absolute atomic E-state index is 0.0141. The van der Waals surface area contributed by atoms with Gasteiger partial charge in [-0.05, 0) is 36.2 Å². The number of carbonyl (C=O) groups is 1. The monoisotopic (exact) mass is 298 g/mol. The van der Waals surface area contributed by atoms with E-state index in [4.69, 9.17) is 4.74 Å². The van der Waals surface area contributed by atoms with E-state index in [-0.39, 0.29) is 5.91 Å². The number of hydrogen-bond donors (Lipinski definition) is 2. The first-order chi connectivity index (χ1) is 10.7. The lowest BCUT2D eigenvalue weighted by molar-refractivity contribution is -0.116. The molecule has 2 rings (SSSR count). The van der Waals surface area contributed by atoms with Gasteiger partial charge in [-0.15, -0.1) is 0 Å². The van der Waals surface area contributed by atoms with Crippen molar-refractivity contribution in [3.8, 4) is 5.75 Å². The molecule has 0 bridgehead atoms. The van der Waals surface area contributed by atoms with Crippen LogP contribution >= 0.6 is 0 Å². The number of aryl methyl sites for hydroxylation is 1. The molecule has 0 saturated carbocycles. The highest BCUT2D eigenvalue weighted by Crippen LogP contribution is 2.18. The van der Waals surface area contributed by atoms with Crippen LogP contribution in [-0.4, -0.2) is 19.6 Å². The summed E-state index contributed by atoms with van der Waals surface area (Å²) in [6.45, 7) is 3.37. The Morgan fingerprint density at radius 2 is 1.91 bits per heavy atom. The van der Waals surface area contributed by atoms with Crippen molar-refractivity contribution in [1.29, 1.82) is 0 Å². The highest BCUT2D eigenvalue weighted by Gasteiger charge is 2.03. The van der Waals surface area contributed by atoms with E-state index in [1.54, 1.807) is 7.11 Å². The van der Waals surface area contributed by atoms with Gasteiger partial charge in [0.05, 0.1) is 7.11 Å². The Hall–Kier alpha value is -2.33. The summed E-state index contributed by atoms with van der Waals surface area (Å²) in [5, 5.41) is 6.14. The van der Waals surface area contributed by atoms with E-state index in [0.717, 1.165) is 29.1 Å². The molecule has 0 unspecified atom stereocenters. The summed E-state index contributed by atoms with van der Waals surface area (Å²) in [6.07, 6.45) is 0.442. The molecule has 2 N–H and O–H groups in total. The smallest absolute Gasteiger partial charge is 0.225 e. The van der Waals surface area contributed by atoms with Gasteiger partial charge >= 0.3 is 0 Å². The number of anilines is 1. The van der Waals surface area contributed by atoms with E-state index >= 15 is 0 Å². The van der Waals surface area contributed by atoms with Gasteiger partial charge in [0, 0.05) is 25.2 Å². The second-order valence-electron chi connectivity index (χ2n) is 5.14. The van der Waals surface area contributed by atoms with Crippen LogP contribution in [0.3, 0.4) is 0 Å². The predicted octanol–water partition coefficient (Wildman–Crippen LogP) is 3.12. The first-order valence-corrected chi connectivity index (χ1v) is 7.38. The summed E-state index contributed by atoms with van der Waals surface area (Å²) in [4.78, 5) is 11.8. The van der Waals surface area contributed by atoms with E-state index in [0.29, 0.717) is 13.0 Å². The third kappa shape index (κ3) is 4.90. The molecular formula is C18H22N2O2. The van der Waals surface area contributed by atoms with Crippen LogP contribution in [-0.2, 0) is 11.3 Å². The lowest BCUT2D eigenvalue weighted by Crippen LogP contribution is -2.21. The molecule has 116 valence electrons. The Morgan fingerprint density at radius 3 is 2.64 bits per heavy atom. The average molecular weight is 298 g/mol. The molecule has 0 saturated heterocycles. The fourth-order valence-corrected chi connectivity index (χ4v) is 2.15. The lowest BCUT2D eigenvalue weighted by Gasteiger charge is -2.09. The van der Waals surface area contributed by atoms with Gasteiger partial charge in [0.15, 0.2) is 0 Å². The van der Waals surface area contributed by atoms with Gasteiger partial charge in [0.25, 0.3) is 0 Å². The molecule has 2 aromatic carbocycles. The minimum atomic E-state index is 0.0141. The highest BCUT2D eigenvalue weighted by molar-refractivity contribution is 5.90. The summed E-state index contributed by atoms with van der Waals surface area (Å²) < 4.78 is 5.30. The van der Waals surface area contributed by atoms with Crippen molar-refractivity contribution < 1.29 is 9.53 Å². The van der Waals surface area contributed by atoms with Gasteiger partial charge in [-0.1, -0.05) is 30.3 Å². The summed E-state index contributed by atoms with van der Waals surface area (Å²) in [5.74, 6) is 0.904. The summed E-state index contributed by atoms with van der Waals surface area (Å²) >= 11 is 0. The van der Waals surface area contributed by atoms with E-state index in [1.165, 1.54) is 0 Å². The number of benzene rings is 2. The number of ether oxygens (including phenoxy) is 1. The van der Waals surface area contributed by atoms with Crippen LogP contribution in [0, 0.1) is 6.92 Å². The van der Waals surface area contributed by atoms with Crippen LogP contribution in [0.25, 0.3) is 0 Å². The molecule has 1 amide bonds. The van der Waals surface area contributed by atoms with Crippen molar-refractivity contribution in [1.82, 2.24) is 5.32 Å². The lowest BCUT2D eigenvalue weighted by atomic mass is 10.1. The number of amides is 1. The van der Waals surface area contributed by atoms with Gasteiger partial charge in [0.2, 0.25) is 5.91 Å². The van der Waals surface area contributed by atoms with Gasteiger partial charge in [-0.3, -0.25) is 4.79 Å². The van der Waals surface area contributed by atoms with Gasteiger partial charge in [-0.25, -0.2) is 0 Å². The molecule has 4 heteroatoms. The highest BCUT2D eigenvalue weighted by atomic mass is 16.5. The van der Waals surface area contributed by atoms with Crippen LogP contribution in [0.1, 0.15) is 17.5 Å². The molecule has 0 aliphatic carbocycles. The first-order valence-electron chi connectivity index (χ1n) is 7.38.